The average molecular weight is 429 g/mol. The van der Waals surface area contributed by atoms with Crippen molar-refractivity contribution in [2.75, 3.05) is 12.3 Å². The van der Waals surface area contributed by atoms with Gasteiger partial charge in [0.1, 0.15) is 0 Å². The number of carbonyl (C=O) groups is 2. The molecule has 9 heteroatoms. The first-order chi connectivity index (χ1) is 14.3. The summed E-state index contributed by atoms with van der Waals surface area (Å²) in [4.78, 5) is 18.2. The third-order valence-corrected chi connectivity index (χ3v) is 5.19. The molecule has 30 heavy (non-hydrogen) atoms. The van der Waals surface area contributed by atoms with Gasteiger partial charge in [-0.3, -0.25) is 4.57 Å². The number of hydrogen-bond donors (Lipinski definition) is 3. The minimum atomic E-state index is -1.82. The van der Waals surface area contributed by atoms with Crippen LogP contribution in [0.3, 0.4) is 0 Å². The Morgan fingerprint density at radius 3 is 2.23 bits per heavy atom. The molecule has 0 unspecified atom stereocenters. The largest absolute Gasteiger partial charge is 0.473 e. The summed E-state index contributed by atoms with van der Waals surface area (Å²) in [6, 6.07) is 16.7. The SMILES string of the molecule is Cc1ccc(-n2c(SCCCN)nnc2-c2ccccc2)cc1C.O=C(O)C(=O)O. The molecule has 0 fully saturated rings. The van der Waals surface area contributed by atoms with Crippen LogP contribution in [-0.2, 0) is 9.59 Å². The van der Waals surface area contributed by atoms with E-state index in [9.17, 15) is 0 Å². The van der Waals surface area contributed by atoms with Crippen molar-refractivity contribution in [3.8, 4) is 17.1 Å². The Morgan fingerprint density at radius 1 is 1.00 bits per heavy atom. The molecule has 3 aromatic rings. The van der Waals surface area contributed by atoms with Crippen LogP contribution in [0.25, 0.3) is 17.1 Å². The second kappa shape index (κ2) is 11.1. The van der Waals surface area contributed by atoms with Gasteiger partial charge in [0.25, 0.3) is 0 Å². The smallest absolute Gasteiger partial charge is 0.414 e. The van der Waals surface area contributed by atoms with Crippen LogP contribution < -0.4 is 5.73 Å². The lowest BCUT2D eigenvalue weighted by Gasteiger charge is -2.12. The number of carboxylic acids is 2. The first kappa shape index (κ1) is 23.1. The first-order valence-electron chi connectivity index (χ1n) is 9.22. The van der Waals surface area contributed by atoms with E-state index < -0.39 is 11.9 Å². The molecule has 3 rings (SSSR count). The monoisotopic (exact) mass is 428 g/mol. The molecule has 0 aliphatic heterocycles. The second-order valence-electron chi connectivity index (χ2n) is 6.38. The van der Waals surface area contributed by atoms with Crippen molar-refractivity contribution in [1.29, 1.82) is 0 Å². The van der Waals surface area contributed by atoms with Crippen LogP contribution in [0, 0.1) is 13.8 Å². The van der Waals surface area contributed by atoms with Crippen LogP contribution in [0.4, 0.5) is 0 Å². The molecule has 0 spiro atoms. The number of nitrogens with zero attached hydrogens (tertiary/aromatic N) is 3. The number of aryl methyl sites for hydroxylation is 2. The van der Waals surface area contributed by atoms with Crippen LogP contribution in [-0.4, -0.2) is 49.2 Å². The summed E-state index contributed by atoms with van der Waals surface area (Å²) in [6.45, 7) is 4.95. The van der Waals surface area contributed by atoms with E-state index in [-0.39, 0.29) is 0 Å². The van der Waals surface area contributed by atoms with Crippen LogP contribution >= 0.6 is 11.8 Å². The third kappa shape index (κ3) is 6.16. The predicted octanol–water partition coefficient (Wildman–Crippen LogP) is 3.15. The Bertz CT molecular complexity index is 993. The fourth-order valence-electron chi connectivity index (χ4n) is 2.48. The van der Waals surface area contributed by atoms with Crippen molar-refractivity contribution < 1.29 is 19.8 Å². The highest BCUT2D eigenvalue weighted by Gasteiger charge is 2.16. The molecule has 158 valence electrons. The lowest BCUT2D eigenvalue weighted by molar-refractivity contribution is -0.159. The summed E-state index contributed by atoms with van der Waals surface area (Å²) in [7, 11) is 0. The molecule has 1 heterocycles. The number of aromatic nitrogens is 3. The fraction of sp³-hybridized carbons (Fsp3) is 0.238. The lowest BCUT2D eigenvalue weighted by atomic mass is 10.1. The number of benzene rings is 2. The van der Waals surface area contributed by atoms with E-state index in [1.165, 1.54) is 11.1 Å². The highest BCUT2D eigenvalue weighted by atomic mass is 32.2. The van der Waals surface area contributed by atoms with Gasteiger partial charge in [-0.15, -0.1) is 10.2 Å². The zero-order valence-corrected chi connectivity index (χ0v) is 17.6. The Kier molecular flexibility index (Phi) is 8.57. The molecule has 4 N–H and O–H groups in total. The van der Waals surface area contributed by atoms with Gasteiger partial charge < -0.3 is 15.9 Å². The lowest BCUT2D eigenvalue weighted by Crippen LogP contribution is -2.09. The van der Waals surface area contributed by atoms with E-state index in [1.54, 1.807) is 11.8 Å². The standard InChI is InChI=1S/C19H22N4S.C2H2O4/c1-14-9-10-17(13-15(14)2)23-18(16-7-4-3-5-8-16)21-22-19(23)24-12-6-11-20;3-1(4)2(5)6/h3-5,7-10,13H,6,11-12,20H2,1-2H3;(H,3,4)(H,5,6). The Morgan fingerprint density at radius 2 is 1.67 bits per heavy atom. The highest BCUT2D eigenvalue weighted by Crippen LogP contribution is 2.29. The van der Waals surface area contributed by atoms with Gasteiger partial charge >= 0.3 is 11.9 Å². The van der Waals surface area contributed by atoms with Gasteiger partial charge in [0.05, 0.1) is 5.69 Å². The number of nitrogens with two attached hydrogens (primary N) is 1. The molecule has 0 aliphatic rings. The van der Waals surface area contributed by atoms with Gasteiger partial charge in [-0.25, -0.2) is 9.59 Å². The molecule has 0 amide bonds. The van der Waals surface area contributed by atoms with Crippen molar-refractivity contribution in [1.82, 2.24) is 14.8 Å². The van der Waals surface area contributed by atoms with Crippen molar-refractivity contribution >= 4 is 23.7 Å². The first-order valence-corrected chi connectivity index (χ1v) is 10.2. The number of aliphatic carboxylic acids is 2. The maximum absolute atomic E-state index is 9.10. The third-order valence-electron chi connectivity index (χ3n) is 4.18. The van der Waals surface area contributed by atoms with Gasteiger partial charge in [-0.2, -0.15) is 0 Å². The number of rotatable bonds is 6. The Balaban J connectivity index is 0.000000469. The molecule has 1 aromatic heterocycles. The minimum Gasteiger partial charge on any atom is -0.473 e. The van der Waals surface area contributed by atoms with Crippen LogP contribution in [0.1, 0.15) is 17.5 Å². The molecule has 0 saturated heterocycles. The quantitative estimate of drug-likeness (QED) is 0.310. The molecule has 0 saturated carbocycles. The molecular weight excluding hydrogens is 404 g/mol. The zero-order valence-electron chi connectivity index (χ0n) is 16.8. The zero-order chi connectivity index (χ0) is 22.1. The number of carboxylic acid groups (broad SMARTS) is 2. The van der Waals surface area contributed by atoms with Crippen LogP contribution in [0.5, 0.6) is 0 Å². The van der Waals surface area contributed by atoms with Gasteiger partial charge in [0.15, 0.2) is 11.0 Å². The summed E-state index contributed by atoms with van der Waals surface area (Å²) >= 11 is 1.70. The van der Waals surface area contributed by atoms with Crippen LogP contribution in [0.15, 0.2) is 53.7 Å². The minimum absolute atomic E-state index is 0.691. The van der Waals surface area contributed by atoms with Gasteiger partial charge in [-0.1, -0.05) is 48.2 Å². The maximum atomic E-state index is 9.10. The summed E-state index contributed by atoms with van der Waals surface area (Å²) in [5.41, 5.74) is 10.3. The second-order valence-corrected chi connectivity index (χ2v) is 7.44. The van der Waals surface area contributed by atoms with E-state index in [1.807, 2.05) is 18.2 Å². The molecule has 0 bridgehead atoms. The van der Waals surface area contributed by atoms with Gasteiger partial charge in [0.2, 0.25) is 0 Å². The van der Waals surface area contributed by atoms with E-state index in [4.69, 9.17) is 25.5 Å². The van der Waals surface area contributed by atoms with Crippen molar-refractivity contribution in [3.63, 3.8) is 0 Å². The van der Waals surface area contributed by atoms with E-state index in [2.05, 4.69) is 58.9 Å². The summed E-state index contributed by atoms with van der Waals surface area (Å²) in [5.74, 6) is -1.84. The van der Waals surface area contributed by atoms with Crippen molar-refractivity contribution in [3.05, 3.63) is 59.7 Å². The normalized spacial score (nSPS) is 10.2. The van der Waals surface area contributed by atoms with Gasteiger partial charge in [-0.05, 0) is 50.1 Å². The Labute approximate surface area is 178 Å². The van der Waals surface area contributed by atoms with E-state index >= 15 is 0 Å². The predicted molar refractivity (Wildman–Crippen MR) is 116 cm³/mol. The van der Waals surface area contributed by atoms with Crippen LogP contribution in [0.2, 0.25) is 0 Å². The number of hydrogen-bond acceptors (Lipinski definition) is 6. The summed E-state index contributed by atoms with van der Waals surface area (Å²) in [6.07, 6.45) is 0.963. The summed E-state index contributed by atoms with van der Waals surface area (Å²) < 4.78 is 2.14. The average Bonchev–Trinajstić information content (AvgIpc) is 3.15. The van der Waals surface area contributed by atoms with E-state index in [0.717, 1.165) is 34.4 Å². The Hall–Kier alpha value is -3.17. The van der Waals surface area contributed by atoms with Crippen molar-refractivity contribution in [2.45, 2.75) is 25.4 Å². The summed E-state index contributed by atoms with van der Waals surface area (Å²) in [5, 5.41) is 24.6. The molecule has 8 nitrogen and oxygen atoms in total. The molecule has 2 aromatic carbocycles. The van der Waals surface area contributed by atoms with Crippen molar-refractivity contribution in [2.24, 2.45) is 5.73 Å². The highest BCUT2D eigenvalue weighted by molar-refractivity contribution is 7.99. The topological polar surface area (TPSA) is 131 Å². The molecule has 0 aliphatic carbocycles. The number of thioether (sulfide) groups is 1. The molecular formula is C21H24N4O4S. The molecule has 0 atom stereocenters. The maximum Gasteiger partial charge on any atom is 0.414 e. The van der Waals surface area contributed by atoms with E-state index in [0.29, 0.717) is 6.54 Å². The fourth-order valence-corrected chi connectivity index (χ4v) is 3.39. The van der Waals surface area contributed by atoms with Gasteiger partial charge in [0, 0.05) is 11.3 Å². The molecule has 0 radical (unpaired) electrons.